The van der Waals surface area contributed by atoms with Crippen LogP contribution in [0.25, 0.3) is 0 Å². The Hall–Kier alpha value is -0.625. The highest BCUT2D eigenvalue weighted by molar-refractivity contribution is 6.40. The van der Waals surface area contributed by atoms with E-state index in [0.29, 0.717) is 32.0 Å². The second kappa shape index (κ2) is 11.0. The number of likely N-dealkylation sites (N-methyl/N-ethyl adjacent to an activating group) is 1. The number of hydrogen-bond acceptors (Lipinski definition) is 5. The lowest BCUT2D eigenvalue weighted by atomic mass is 9.81. The standard InChI is InChI=1S/C16H33BN2O4/c1-18-16(15(20)21,10-4-5-11-17(22)23)9-3-2-6-12-19-13-7-8-14-19/h18,22-23H,2-14H2,1H3,(H,20,21). The molecule has 1 aliphatic heterocycles. The number of aliphatic carboxylic acids is 1. The summed E-state index contributed by atoms with van der Waals surface area (Å²) in [5.41, 5.74) is -0.881. The molecule has 134 valence electrons. The van der Waals surface area contributed by atoms with Crippen LogP contribution in [0.1, 0.15) is 57.8 Å². The van der Waals surface area contributed by atoms with Crippen LogP contribution in [0.5, 0.6) is 0 Å². The van der Waals surface area contributed by atoms with Crippen molar-refractivity contribution >= 4 is 13.1 Å². The van der Waals surface area contributed by atoms with Crippen molar-refractivity contribution in [2.75, 3.05) is 26.7 Å². The van der Waals surface area contributed by atoms with Crippen LogP contribution < -0.4 is 5.32 Å². The van der Waals surface area contributed by atoms with Gasteiger partial charge in [-0.15, -0.1) is 0 Å². The molecule has 0 aliphatic carbocycles. The second-order valence-corrected chi connectivity index (χ2v) is 6.72. The molecule has 1 atom stereocenters. The molecule has 7 heteroatoms. The molecule has 0 aromatic rings. The zero-order valence-electron chi connectivity index (χ0n) is 14.5. The van der Waals surface area contributed by atoms with Gasteiger partial charge in [0, 0.05) is 0 Å². The van der Waals surface area contributed by atoms with Crippen molar-refractivity contribution in [1.82, 2.24) is 10.2 Å². The average Bonchev–Trinajstić information content (AvgIpc) is 3.02. The fourth-order valence-electron chi connectivity index (χ4n) is 3.39. The van der Waals surface area contributed by atoms with Crippen molar-refractivity contribution in [3.63, 3.8) is 0 Å². The van der Waals surface area contributed by atoms with E-state index in [-0.39, 0.29) is 0 Å². The maximum Gasteiger partial charge on any atom is 0.451 e. The lowest BCUT2D eigenvalue weighted by molar-refractivity contribution is -0.145. The Kier molecular flexibility index (Phi) is 9.78. The summed E-state index contributed by atoms with van der Waals surface area (Å²) in [6.45, 7) is 3.56. The van der Waals surface area contributed by atoms with Crippen molar-refractivity contribution in [2.24, 2.45) is 0 Å². The molecular formula is C16H33BN2O4. The zero-order valence-corrected chi connectivity index (χ0v) is 14.5. The maximum atomic E-state index is 11.7. The van der Waals surface area contributed by atoms with E-state index in [1.54, 1.807) is 7.05 Å². The van der Waals surface area contributed by atoms with E-state index in [9.17, 15) is 9.90 Å². The van der Waals surface area contributed by atoms with E-state index in [2.05, 4.69) is 10.2 Å². The Morgan fingerprint density at radius 3 is 2.22 bits per heavy atom. The van der Waals surface area contributed by atoms with E-state index in [0.717, 1.165) is 25.8 Å². The summed E-state index contributed by atoms with van der Waals surface area (Å²) in [6.07, 6.45) is 8.48. The third-order valence-electron chi connectivity index (χ3n) is 4.98. The number of nitrogens with one attached hydrogen (secondary N) is 1. The van der Waals surface area contributed by atoms with Gasteiger partial charge < -0.3 is 25.4 Å². The summed E-state index contributed by atoms with van der Waals surface area (Å²) in [5, 5.41) is 30.3. The minimum absolute atomic E-state index is 0.301. The summed E-state index contributed by atoms with van der Waals surface area (Å²) >= 11 is 0. The first kappa shape index (κ1) is 20.4. The highest BCUT2D eigenvalue weighted by atomic mass is 16.4. The van der Waals surface area contributed by atoms with Crippen molar-refractivity contribution < 1.29 is 19.9 Å². The SMILES string of the molecule is CNC(CCCCCN1CCCC1)(CCCCB(O)O)C(=O)O. The zero-order chi connectivity index (χ0) is 17.1. The smallest absolute Gasteiger partial charge is 0.451 e. The Morgan fingerprint density at radius 2 is 1.70 bits per heavy atom. The van der Waals surface area contributed by atoms with E-state index < -0.39 is 18.6 Å². The fraction of sp³-hybridized carbons (Fsp3) is 0.938. The average molecular weight is 328 g/mol. The van der Waals surface area contributed by atoms with Gasteiger partial charge in [-0.25, -0.2) is 0 Å². The molecule has 1 rings (SSSR count). The van der Waals surface area contributed by atoms with Gasteiger partial charge >= 0.3 is 13.1 Å². The molecule has 0 aromatic heterocycles. The summed E-state index contributed by atoms with van der Waals surface area (Å²) in [6, 6.07) is 0. The van der Waals surface area contributed by atoms with E-state index in [4.69, 9.17) is 10.0 Å². The molecule has 1 saturated heterocycles. The summed E-state index contributed by atoms with van der Waals surface area (Å²) in [4.78, 5) is 14.2. The molecule has 1 heterocycles. The molecule has 4 N–H and O–H groups in total. The van der Waals surface area contributed by atoms with Crippen LogP contribution in [0.4, 0.5) is 0 Å². The predicted octanol–water partition coefficient (Wildman–Crippen LogP) is 1.33. The van der Waals surface area contributed by atoms with Gasteiger partial charge in [0.1, 0.15) is 5.54 Å². The number of hydrogen-bond donors (Lipinski definition) is 4. The van der Waals surface area contributed by atoms with Gasteiger partial charge in [0.2, 0.25) is 0 Å². The molecule has 0 spiro atoms. The topological polar surface area (TPSA) is 93.0 Å². The first-order valence-corrected chi connectivity index (χ1v) is 9.01. The van der Waals surface area contributed by atoms with E-state index in [1.165, 1.54) is 25.9 Å². The van der Waals surface area contributed by atoms with Crippen LogP contribution >= 0.6 is 0 Å². The molecule has 0 radical (unpaired) electrons. The fourth-order valence-corrected chi connectivity index (χ4v) is 3.39. The molecule has 1 aliphatic rings. The number of carboxylic acid groups (broad SMARTS) is 1. The van der Waals surface area contributed by atoms with Crippen LogP contribution in [0.2, 0.25) is 6.32 Å². The normalized spacial score (nSPS) is 18.0. The van der Waals surface area contributed by atoms with Crippen molar-refractivity contribution in [3.05, 3.63) is 0 Å². The first-order chi connectivity index (χ1) is 11.0. The maximum absolute atomic E-state index is 11.7. The molecular weight excluding hydrogens is 295 g/mol. The number of likely N-dealkylation sites (tertiary alicyclic amines) is 1. The van der Waals surface area contributed by atoms with Gasteiger partial charge in [-0.3, -0.25) is 4.79 Å². The molecule has 0 amide bonds. The minimum Gasteiger partial charge on any atom is -0.480 e. The Bertz CT molecular complexity index is 338. The number of nitrogens with zero attached hydrogens (tertiary/aromatic N) is 1. The van der Waals surface area contributed by atoms with Gasteiger partial charge in [-0.05, 0) is 65.1 Å². The highest BCUT2D eigenvalue weighted by Gasteiger charge is 2.35. The summed E-state index contributed by atoms with van der Waals surface area (Å²) < 4.78 is 0. The van der Waals surface area contributed by atoms with Crippen molar-refractivity contribution in [3.8, 4) is 0 Å². The van der Waals surface area contributed by atoms with Crippen LogP contribution in [-0.4, -0.2) is 65.4 Å². The summed E-state index contributed by atoms with van der Waals surface area (Å²) in [5.74, 6) is -0.802. The predicted molar refractivity (Wildman–Crippen MR) is 92.4 cm³/mol. The Balaban J connectivity index is 2.27. The molecule has 6 nitrogen and oxygen atoms in total. The highest BCUT2D eigenvalue weighted by Crippen LogP contribution is 2.23. The molecule has 1 unspecified atom stereocenters. The number of carboxylic acids is 1. The van der Waals surface area contributed by atoms with Crippen LogP contribution in [0.15, 0.2) is 0 Å². The minimum atomic E-state index is -1.30. The van der Waals surface area contributed by atoms with Crippen LogP contribution in [-0.2, 0) is 4.79 Å². The van der Waals surface area contributed by atoms with Gasteiger partial charge in [-0.1, -0.05) is 25.7 Å². The summed E-state index contributed by atoms with van der Waals surface area (Å²) in [7, 11) is 0.411. The van der Waals surface area contributed by atoms with Crippen molar-refractivity contribution in [1.29, 1.82) is 0 Å². The molecule has 0 bridgehead atoms. The lowest BCUT2D eigenvalue weighted by Crippen LogP contribution is -2.50. The molecule has 23 heavy (non-hydrogen) atoms. The molecule has 0 saturated carbocycles. The number of unbranched alkanes of at least 4 members (excludes halogenated alkanes) is 3. The largest absolute Gasteiger partial charge is 0.480 e. The Morgan fingerprint density at radius 1 is 1.09 bits per heavy atom. The number of carbonyl (C=O) groups is 1. The third kappa shape index (κ3) is 7.66. The lowest BCUT2D eigenvalue weighted by Gasteiger charge is -2.29. The molecule has 1 fully saturated rings. The van der Waals surface area contributed by atoms with E-state index in [1.807, 2.05) is 0 Å². The monoisotopic (exact) mass is 328 g/mol. The number of rotatable bonds is 13. The second-order valence-electron chi connectivity index (χ2n) is 6.72. The van der Waals surface area contributed by atoms with Gasteiger partial charge in [0.05, 0.1) is 0 Å². The Labute approximate surface area is 140 Å². The molecule has 0 aromatic carbocycles. The van der Waals surface area contributed by atoms with E-state index >= 15 is 0 Å². The van der Waals surface area contributed by atoms with Crippen molar-refractivity contribution in [2.45, 2.75) is 69.6 Å². The van der Waals surface area contributed by atoms with Crippen LogP contribution in [0, 0.1) is 0 Å². The van der Waals surface area contributed by atoms with Gasteiger partial charge in [-0.2, -0.15) is 0 Å². The quantitative estimate of drug-likeness (QED) is 0.301. The van der Waals surface area contributed by atoms with Gasteiger partial charge in [0.15, 0.2) is 0 Å². The van der Waals surface area contributed by atoms with Crippen LogP contribution in [0.3, 0.4) is 0 Å². The third-order valence-corrected chi connectivity index (χ3v) is 4.98. The van der Waals surface area contributed by atoms with Gasteiger partial charge in [0.25, 0.3) is 0 Å². The first-order valence-electron chi connectivity index (χ1n) is 9.01.